The van der Waals surface area contributed by atoms with E-state index in [9.17, 15) is 8.42 Å². The molecule has 88 valence electrons. The van der Waals surface area contributed by atoms with Crippen LogP contribution in [0.2, 0.25) is 0 Å². The zero-order valence-corrected chi connectivity index (χ0v) is 9.55. The second kappa shape index (κ2) is 4.38. The molecule has 0 saturated heterocycles. The Kier molecular flexibility index (Phi) is 2.92. The Morgan fingerprint density at radius 1 is 1.18 bits per heavy atom. The molecule has 0 aliphatic heterocycles. The SMILES string of the molecule is Nc1cccnc1S(=O)(=O)Nc1cccnc1. The molecule has 6 nitrogen and oxygen atoms in total. The van der Waals surface area contributed by atoms with E-state index >= 15 is 0 Å². The molecule has 0 saturated carbocycles. The van der Waals surface area contributed by atoms with Crippen LogP contribution in [-0.4, -0.2) is 18.4 Å². The van der Waals surface area contributed by atoms with E-state index < -0.39 is 10.0 Å². The topological polar surface area (TPSA) is 98.0 Å². The van der Waals surface area contributed by atoms with Crippen LogP contribution in [0.5, 0.6) is 0 Å². The molecule has 0 aliphatic carbocycles. The first-order valence-corrected chi connectivity index (χ1v) is 6.21. The van der Waals surface area contributed by atoms with Crippen molar-refractivity contribution < 1.29 is 8.42 Å². The molecule has 0 unspecified atom stereocenters. The Labute approximate surface area is 98.6 Å². The summed E-state index contributed by atoms with van der Waals surface area (Å²) in [7, 11) is -3.77. The number of nitrogen functional groups attached to an aromatic ring is 1. The van der Waals surface area contributed by atoms with E-state index in [1.807, 2.05) is 0 Å². The van der Waals surface area contributed by atoms with Crippen LogP contribution in [0.15, 0.2) is 47.9 Å². The minimum atomic E-state index is -3.77. The van der Waals surface area contributed by atoms with Crippen LogP contribution in [0.1, 0.15) is 0 Å². The maximum absolute atomic E-state index is 11.9. The summed E-state index contributed by atoms with van der Waals surface area (Å²) in [5.74, 6) is 0. The first-order valence-electron chi connectivity index (χ1n) is 4.73. The van der Waals surface area contributed by atoms with E-state index in [4.69, 9.17) is 5.73 Å². The van der Waals surface area contributed by atoms with Gasteiger partial charge in [0.2, 0.25) is 0 Å². The van der Waals surface area contributed by atoms with Crippen LogP contribution in [0, 0.1) is 0 Å². The van der Waals surface area contributed by atoms with Gasteiger partial charge >= 0.3 is 0 Å². The molecule has 2 rings (SSSR count). The lowest BCUT2D eigenvalue weighted by Gasteiger charge is -2.08. The standard InChI is InChI=1S/C10H10N4O2S/c11-9-4-2-6-13-10(9)17(15,16)14-8-3-1-5-12-7-8/h1-7,14H,11H2. The van der Waals surface area contributed by atoms with Crippen LogP contribution < -0.4 is 10.5 Å². The molecule has 2 aromatic rings. The Morgan fingerprint density at radius 3 is 2.59 bits per heavy atom. The molecule has 0 aliphatic rings. The number of pyridine rings is 2. The van der Waals surface area contributed by atoms with Crippen molar-refractivity contribution in [3.63, 3.8) is 0 Å². The van der Waals surface area contributed by atoms with Crippen molar-refractivity contribution in [2.45, 2.75) is 5.03 Å². The summed E-state index contributed by atoms with van der Waals surface area (Å²) in [6.07, 6.45) is 4.32. The van der Waals surface area contributed by atoms with E-state index in [-0.39, 0.29) is 10.7 Å². The number of sulfonamides is 1. The molecule has 7 heteroatoms. The number of hydrogen-bond acceptors (Lipinski definition) is 5. The highest BCUT2D eigenvalue weighted by atomic mass is 32.2. The fourth-order valence-corrected chi connectivity index (χ4v) is 2.36. The van der Waals surface area contributed by atoms with Gasteiger partial charge in [-0.2, -0.15) is 8.42 Å². The lowest BCUT2D eigenvalue weighted by Crippen LogP contribution is -2.16. The summed E-state index contributed by atoms with van der Waals surface area (Å²) in [5.41, 5.74) is 6.02. The van der Waals surface area contributed by atoms with Gasteiger partial charge in [0.1, 0.15) is 0 Å². The van der Waals surface area contributed by atoms with Gasteiger partial charge in [-0.25, -0.2) is 4.98 Å². The van der Waals surface area contributed by atoms with Crippen molar-refractivity contribution in [3.05, 3.63) is 42.9 Å². The first kappa shape index (κ1) is 11.3. The van der Waals surface area contributed by atoms with E-state index in [0.717, 1.165) is 0 Å². The van der Waals surface area contributed by atoms with Crippen LogP contribution in [0.4, 0.5) is 11.4 Å². The van der Waals surface area contributed by atoms with Crippen molar-refractivity contribution in [2.75, 3.05) is 10.5 Å². The highest BCUT2D eigenvalue weighted by molar-refractivity contribution is 7.92. The molecule has 0 amide bonds. The average Bonchev–Trinajstić information content (AvgIpc) is 2.30. The molecule has 0 spiro atoms. The minimum Gasteiger partial charge on any atom is -0.396 e. The molecule has 2 heterocycles. The van der Waals surface area contributed by atoms with E-state index in [0.29, 0.717) is 5.69 Å². The Hall–Kier alpha value is -2.15. The maximum atomic E-state index is 11.9. The quantitative estimate of drug-likeness (QED) is 0.841. The normalized spacial score (nSPS) is 11.1. The lowest BCUT2D eigenvalue weighted by molar-refractivity contribution is 0.598. The fraction of sp³-hybridized carbons (Fsp3) is 0. The van der Waals surface area contributed by atoms with Crippen LogP contribution in [-0.2, 0) is 10.0 Å². The van der Waals surface area contributed by atoms with Gasteiger partial charge in [0.25, 0.3) is 10.0 Å². The molecule has 17 heavy (non-hydrogen) atoms. The third-order valence-electron chi connectivity index (χ3n) is 1.97. The maximum Gasteiger partial charge on any atom is 0.281 e. The molecule has 0 fully saturated rings. The number of nitrogens with zero attached hydrogens (tertiary/aromatic N) is 2. The molecule has 3 N–H and O–H groups in total. The number of aromatic nitrogens is 2. The predicted octanol–water partition coefficient (Wildman–Crippen LogP) is 0.860. The number of nitrogens with two attached hydrogens (primary N) is 1. The Balaban J connectivity index is 2.36. The van der Waals surface area contributed by atoms with Crippen molar-refractivity contribution in [1.82, 2.24) is 9.97 Å². The van der Waals surface area contributed by atoms with Crippen molar-refractivity contribution >= 4 is 21.4 Å². The number of rotatable bonds is 3. The zero-order valence-electron chi connectivity index (χ0n) is 8.74. The van der Waals surface area contributed by atoms with Crippen LogP contribution in [0.3, 0.4) is 0 Å². The summed E-state index contributed by atoms with van der Waals surface area (Å²) in [6, 6.07) is 6.26. The summed E-state index contributed by atoms with van der Waals surface area (Å²) in [5, 5.41) is -0.191. The number of anilines is 2. The van der Waals surface area contributed by atoms with Gasteiger partial charge in [-0.15, -0.1) is 0 Å². The van der Waals surface area contributed by atoms with Gasteiger partial charge in [0.15, 0.2) is 5.03 Å². The summed E-state index contributed by atoms with van der Waals surface area (Å²) >= 11 is 0. The molecule has 2 aromatic heterocycles. The number of hydrogen-bond donors (Lipinski definition) is 2. The molecule has 0 bridgehead atoms. The summed E-state index contributed by atoms with van der Waals surface area (Å²) in [6.45, 7) is 0. The third-order valence-corrected chi connectivity index (χ3v) is 3.32. The Morgan fingerprint density at radius 2 is 1.94 bits per heavy atom. The van der Waals surface area contributed by atoms with Gasteiger partial charge < -0.3 is 5.73 Å². The van der Waals surface area contributed by atoms with Crippen molar-refractivity contribution in [3.8, 4) is 0 Å². The Bertz CT molecular complexity index is 613. The zero-order chi connectivity index (χ0) is 12.3. The van der Waals surface area contributed by atoms with Gasteiger partial charge in [0.05, 0.1) is 17.6 Å². The van der Waals surface area contributed by atoms with Gasteiger partial charge in [-0.3, -0.25) is 9.71 Å². The second-order valence-corrected chi connectivity index (χ2v) is 4.84. The molecule has 0 aromatic carbocycles. The van der Waals surface area contributed by atoms with Gasteiger partial charge in [-0.1, -0.05) is 0 Å². The monoisotopic (exact) mass is 250 g/mol. The molecule has 0 atom stereocenters. The minimum absolute atomic E-state index is 0.101. The van der Waals surface area contributed by atoms with E-state index in [2.05, 4.69) is 14.7 Å². The fourth-order valence-electron chi connectivity index (χ4n) is 1.25. The third kappa shape index (κ3) is 2.51. The highest BCUT2D eigenvalue weighted by Crippen LogP contribution is 2.17. The largest absolute Gasteiger partial charge is 0.396 e. The summed E-state index contributed by atoms with van der Waals surface area (Å²) < 4.78 is 26.2. The van der Waals surface area contributed by atoms with Crippen LogP contribution >= 0.6 is 0 Å². The highest BCUT2D eigenvalue weighted by Gasteiger charge is 2.18. The predicted molar refractivity (Wildman–Crippen MR) is 63.7 cm³/mol. The van der Waals surface area contributed by atoms with Crippen molar-refractivity contribution in [1.29, 1.82) is 0 Å². The van der Waals surface area contributed by atoms with E-state index in [1.165, 1.54) is 18.5 Å². The second-order valence-electron chi connectivity index (χ2n) is 3.24. The summed E-state index contributed by atoms with van der Waals surface area (Å²) in [4.78, 5) is 7.56. The van der Waals surface area contributed by atoms with Gasteiger partial charge in [-0.05, 0) is 24.3 Å². The van der Waals surface area contributed by atoms with E-state index in [1.54, 1.807) is 24.4 Å². The smallest absolute Gasteiger partial charge is 0.281 e. The number of nitrogens with one attached hydrogen (secondary N) is 1. The molecular weight excluding hydrogens is 240 g/mol. The van der Waals surface area contributed by atoms with Gasteiger partial charge in [0, 0.05) is 12.4 Å². The molecular formula is C10H10N4O2S. The van der Waals surface area contributed by atoms with Crippen molar-refractivity contribution in [2.24, 2.45) is 0 Å². The average molecular weight is 250 g/mol. The molecule has 0 radical (unpaired) electrons. The first-order chi connectivity index (χ1) is 8.09. The van der Waals surface area contributed by atoms with Crippen LogP contribution in [0.25, 0.3) is 0 Å². The lowest BCUT2D eigenvalue weighted by atomic mass is 10.4.